The van der Waals surface area contributed by atoms with Gasteiger partial charge in [0.2, 0.25) is 0 Å². The molecule has 0 aliphatic carbocycles. The number of amides is 3. The second-order valence-electron chi connectivity index (χ2n) is 7.06. The molecule has 1 spiro atoms. The number of rotatable bonds is 3. The van der Waals surface area contributed by atoms with E-state index < -0.39 is 5.60 Å². The summed E-state index contributed by atoms with van der Waals surface area (Å²) < 4.78 is 5.53. The summed E-state index contributed by atoms with van der Waals surface area (Å²) in [6.07, 6.45) is 1.25. The first-order valence-electron chi connectivity index (χ1n) is 8.98. The van der Waals surface area contributed by atoms with Crippen LogP contribution in [-0.2, 0) is 11.3 Å². The summed E-state index contributed by atoms with van der Waals surface area (Å²) in [5.41, 5.74) is 0.324. The maximum Gasteiger partial charge on any atom is 0.410 e. The first kappa shape index (κ1) is 17.3. The highest BCUT2D eigenvalue weighted by atomic mass is 16.6. The molecule has 0 unspecified atom stereocenters. The van der Waals surface area contributed by atoms with Crippen LogP contribution in [-0.4, -0.2) is 69.4 Å². The number of benzene rings is 1. The smallest absolute Gasteiger partial charge is 0.410 e. The predicted molar refractivity (Wildman–Crippen MR) is 96.7 cm³/mol. The Kier molecular flexibility index (Phi) is 4.43. The molecule has 2 N–H and O–H groups in total. The van der Waals surface area contributed by atoms with Crippen molar-refractivity contribution in [1.29, 1.82) is 0 Å². The molecule has 4 rings (SSSR count). The Morgan fingerprint density at radius 2 is 2.15 bits per heavy atom. The summed E-state index contributed by atoms with van der Waals surface area (Å²) in [5.74, 6) is 1.18. The van der Waals surface area contributed by atoms with Crippen molar-refractivity contribution >= 4 is 12.1 Å². The average molecular weight is 370 g/mol. The van der Waals surface area contributed by atoms with E-state index in [2.05, 4.69) is 20.5 Å². The Bertz CT molecular complexity index is 839. The van der Waals surface area contributed by atoms with Gasteiger partial charge in [-0.2, -0.15) is 5.10 Å². The van der Waals surface area contributed by atoms with Crippen molar-refractivity contribution in [2.24, 2.45) is 0 Å². The van der Waals surface area contributed by atoms with E-state index in [9.17, 15) is 9.59 Å². The van der Waals surface area contributed by atoms with Crippen molar-refractivity contribution in [2.45, 2.75) is 25.0 Å². The number of piperidine rings is 1. The van der Waals surface area contributed by atoms with Crippen molar-refractivity contribution in [3.63, 3.8) is 0 Å². The monoisotopic (exact) mass is 370 g/mol. The Balaban J connectivity index is 1.34. The van der Waals surface area contributed by atoms with E-state index in [4.69, 9.17) is 4.74 Å². The Morgan fingerprint density at radius 1 is 1.33 bits per heavy atom. The van der Waals surface area contributed by atoms with Gasteiger partial charge in [0, 0.05) is 19.2 Å². The van der Waals surface area contributed by atoms with Crippen LogP contribution in [0.15, 0.2) is 30.3 Å². The highest BCUT2D eigenvalue weighted by molar-refractivity contribution is 5.75. The zero-order chi connectivity index (χ0) is 18.9. The Labute approximate surface area is 156 Å². The fourth-order valence-electron chi connectivity index (χ4n) is 3.64. The topological polar surface area (TPSA) is 103 Å². The molecule has 1 aromatic heterocycles. The van der Waals surface area contributed by atoms with Gasteiger partial charge in [0.25, 0.3) is 0 Å². The van der Waals surface area contributed by atoms with E-state index in [1.165, 1.54) is 0 Å². The second-order valence-corrected chi connectivity index (χ2v) is 7.06. The molecule has 9 nitrogen and oxygen atoms in total. The summed E-state index contributed by atoms with van der Waals surface area (Å²) in [7, 11) is 1.71. The number of nitrogens with one attached hydrogen (secondary N) is 2. The van der Waals surface area contributed by atoms with Gasteiger partial charge >= 0.3 is 12.1 Å². The van der Waals surface area contributed by atoms with Crippen LogP contribution in [0.1, 0.15) is 18.7 Å². The lowest BCUT2D eigenvalue weighted by atomic mass is 9.93. The zero-order valence-electron chi connectivity index (χ0n) is 15.1. The maximum atomic E-state index is 12.5. The fourth-order valence-corrected chi connectivity index (χ4v) is 3.64. The molecular weight excluding hydrogens is 348 g/mol. The summed E-state index contributed by atoms with van der Waals surface area (Å²) in [5, 5.41) is 9.90. The van der Waals surface area contributed by atoms with E-state index in [-0.39, 0.29) is 18.7 Å². The third-order valence-corrected chi connectivity index (χ3v) is 4.94. The van der Waals surface area contributed by atoms with Crippen molar-refractivity contribution in [2.75, 3.05) is 26.7 Å². The number of aromatic amines is 1. The molecule has 2 fully saturated rings. The van der Waals surface area contributed by atoms with E-state index in [1.807, 2.05) is 30.3 Å². The zero-order valence-corrected chi connectivity index (χ0v) is 15.1. The minimum atomic E-state index is -0.589. The third kappa shape index (κ3) is 3.57. The number of aromatic nitrogens is 3. The number of H-pyrrole nitrogens is 1. The molecule has 9 heteroatoms. The highest BCUT2D eigenvalue weighted by Gasteiger charge is 2.47. The lowest BCUT2D eigenvalue weighted by Crippen LogP contribution is -2.54. The normalized spacial score (nSPS) is 22.2. The number of hydrogen-bond acceptors (Lipinski definition) is 5. The van der Waals surface area contributed by atoms with Crippen LogP contribution < -0.4 is 5.32 Å². The first-order valence-corrected chi connectivity index (χ1v) is 8.98. The van der Waals surface area contributed by atoms with Gasteiger partial charge in [-0.25, -0.2) is 14.6 Å². The fraction of sp³-hybridized carbons (Fsp3) is 0.444. The standard InChI is InChI=1S/C18H22N6O3/c1-23-11-18(27-17(23)26)8-5-9-24(12-18)16(25)19-10-14-20-15(22-21-14)13-6-3-2-4-7-13/h2-4,6-7H,5,8-12H2,1H3,(H,19,25)(H,20,21,22)/t18-/m0/s1. The van der Waals surface area contributed by atoms with E-state index in [1.54, 1.807) is 16.8 Å². The quantitative estimate of drug-likeness (QED) is 0.854. The second kappa shape index (κ2) is 6.90. The van der Waals surface area contributed by atoms with Crippen LogP contribution in [0, 0.1) is 0 Å². The number of likely N-dealkylation sites (tertiary alicyclic amines) is 1. The summed E-state index contributed by atoms with van der Waals surface area (Å²) in [4.78, 5) is 31.9. The van der Waals surface area contributed by atoms with Crippen molar-refractivity contribution < 1.29 is 14.3 Å². The van der Waals surface area contributed by atoms with Crippen LogP contribution >= 0.6 is 0 Å². The predicted octanol–water partition coefficient (Wildman–Crippen LogP) is 1.60. The lowest BCUT2D eigenvalue weighted by molar-refractivity contribution is 0.00316. The maximum absolute atomic E-state index is 12.5. The molecule has 142 valence electrons. The number of likely N-dealkylation sites (N-methyl/N-ethyl adjacent to an activating group) is 1. The number of urea groups is 1. The van der Waals surface area contributed by atoms with Gasteiger partial charge in [-0.15, -0.1) is 0 Å². The Morgan fingerprint density at radius 3 is 2.89 bits per heavy atom. The minimum absolute atomic E-state index is 0.197. The molecule has 2 saturated heterocycles. The van der Waals surface area contributed by atoms with Gasteiger partial charge < -0.3 is 19.9 Å². The van der Waals surface area contributed by atoms with Crippen molar-refractivity contribution in [3.8, 4) is 11.4 Å². The summed E-state index contributed by atoms with van der Waals surface area (Å²) >= 11 is 0. The van der Waals surface area contributed by atoms with Crippen molar-refractivity contribution in [3.05, 3.63) is 36.2 Å². The lowest BCUT2D eigenvalue weighted by Gasteiger charge is -2.38. The molecule has 1 atom stereocenters. The molecular formula is C18H22N6O3. The van der Waals surface area contributed by atoms with Crippen LogP contribution in [0.4, 0.5) is 9.59 Å². The SMILES string of the molecule is CN1C[C@]2(CCCN(C(=O)NCc3nc(-c4ccccc4)n[nH]3)C2)OC1=O. The molecule has 2 aliphatic heterocycles. The van der Waals surface area contributed by atoms with Crippen LogP contribution in [0.5, 0.6) is 0 Å². The minimum Gasteiger partial charge on any atom is -0.439 e. The van der Waals surface area contributed by atoms with Crippen LogP contribution in [0.2, 0.25) is 0 Å². The molecule has 2 aromatic rings. The van der Waals surface area contributed by atoms with Gasteiger partial charge in [0.1, 0.15) is 11.4 Å². The molecule has 2 aliphatic rings. The highest BCUT2D eigenvalue weighted by Crippen LogP contribution is 2.31. The van der Waals surface area contributed by atoms with Gasteiger partial charge in [0.15, 0.2) is 5.82 Å². The molecule has 0 bridgehead atoms. The summed E-state index contributed by atoms with van der Waals surface area (Å²) in [6.45, 7) is 1.81. The van der Waals surface area contributed by atoms with Gasteiger partial charge in [-0.1, -0.05) is 30.3 Å². The first-order chi connectivity index (χ1) is 13.0. The largest absolute Gasteiger partial charge is 0.439 e. The molecule has 3 amide bonds. The van der Waals surface area contributed by atoms with E-state index in [0.29, 0.717) is 31.3 Å². The van der Waals surface area contributed by atoms with Gasteiger partial charge in [-0.05, 0) is 12.8 Å². The van der Waals surface area contributed by atoms with E-state index >= 15 is 0 Å². The van der Waals surface area contributed by atoms with E-state index in [0.717, 1.165) is 18.4 Å². The number of hydrogen-bond donors (Lipinski definition) is 2. The molecule has 0 saturated carbocycles. The number of ether oxygens (including phenoxy) is 1. The van der Waals surface area contributed by atoms with Crippen LogP contribution in [0.25, 0.3) is 11.4 Å². The average Bonchev–Trinajstić information content (AvgIpc) is 3.25. The molecule has 3 heterocycles. The number of carbonyl (C=O) groups excluding carboxylic acids is 2. The number of nitrogens with zero attached hydrogens (tertiary/aromatic N) is 4. The summed E-state index contributed by atoms with van der Waals surface area (Å²) in [6, 6.07) is 9.44. The number of carbonyl (C=O) groups is 2. The molecule has 0 radical (unpaired) electrons. The molecule has 1 aromatic carbocycles. The van der Waals surface area contributed by atoms with Crippen molar-refractivity contribution in [1.82, 2.24) is 30.3 Å². The third-order valence-electron chi connectivity index (χ3n) is 4.94. The van der Waals surface area contributed by atoms with Gasteiger partial charge in [-0.3, -0.25) is 5.10 Å². The van der Waals surface area contributed by atoms with Gasteiger partial charge in [0.05, 0.1) is 19.6 Å². The van der Waals surface area contributed by atoms with Crippen LogP contribution in [0.3, 0.4) is 0 Å². The molecule has 27 heavy (non-hydrogen) atoms. The Hall–Kier alpha value is -3.10.